The Hall–Kier alpha value is -1.80. The molecule has 0 bridgehead atoms. The van der Waals surface area contributed by atoms with Gasteiger partial charge in [-0.2, -0.15) is 0 Å². The van der Waals surface area contributed by atoms with E-state index in [0.29, 0.717) is 11.6 Å². The van der Waals surface area contributed by atoms with Gasteiger partial charge in [-0.25, -0.2) is 8.42 Å². The topological polar surface area (TPSA) is 69.7 Å². The molecule has 0 aliphatic carbocycles. The van der Waals surface area contributed by atoms with Crippen LogP contribution < -0.4 is 9.62 Å². The number of amides is 1. The van der Waals surface area contributed by atoms with Gasteiger partial charge < -0.3 is 10.2 Å². The number of halogens is 2. The molecule has 2 aromatic carbocycles. The molecule has 32 heavy (non-hydrogen) atoms. The molecule has 0 atom stereocenters. The number of anilines is 1. The summed E-state index contributed by atoms with van der Waals surface area (Å²) >= 11 is 12.3. The van der Waals surface area contributed by atoms with Crippen LogP contribution in [0.2, 0.25) is 10.0 Å². The second-order valence-corrected chi connectivity index (χ2v) is 10.6. The van der Waals surface area contributed by atoms with Gasteiger partial charge in [-0.3, -0.25) is 9.10 Å². The molecule has 174 valence electrons. The summed E-state index contributed by atoms with van der Waals surface area (Å²) in [5.74, 6) is -0.383. The average Bonchev–Trinajstić information content (AvgIpc) is 3.05. The predicted octanol–water partition coefficient (Wildman–Crippen LogP) is 4.57. The fourth-order valence-corrected chi connectivity index (χ4v) is 5.80. The molecule has 1 heterocycles. The average molecular weight is 498 g/mol. The van der Waals surface area contributed by atoms with Crippen LogP contribution in [0.1, 0.15) is 32.1 Å². The van der Waals surface area contributed by atoms with Crippen LogP contribution in [0.3, 0.4) is 0 Å². The Morgan fingerprint density at radius 2 is 1.69 bits per heavy atom. The van der Waals surface area contributed by atoms with Crippen LogP contribution >= 0.6 is 23.2 Å². The van der Waals surface area contributed by atoms with E-state index in [4.69, 9.17) is 23.2 Å². The van der Waals surface area contributed by atoms with E-state index in [9.17, 15) is 13.2 Å². The van der Waals surface area contributed by atoms with Gasteiger partial charge >= 0.3 is 0 Å². The summed E-state index contributed by atoms with van der Waals surface area (Å²) < 4.78 is 27.7. The van der Waals surface area contributed by atoms with Gasteiger partial charge in [0.05, 0.1) is 15.6 Å². The first kappa shape index (κ1) is 24.8. The molecule has 3 rings (SSSR count). The number of carbonyl (C=O) groups excluding carboxylic acids is 1. The fourth-order valence-electron chi connectivity index (χ4n) is 3.78. The molecule has 1 aliphatic rings. The second kappa shape index (κ2) is 11.9. The lowest BCUT2D eigenvalue weighted by molar-refractivity contribution is -0.119. The summed E-state index contributed by atoms with van der Waals surface area (Å²) in [4.78, 5) is 15.2. The highest BCUT2D eigenvalue weighted by molar-refractivity contribution is 7.92. The summed E-state index contributed by atoms with van der Waals surface area (Å²) in [6.45, 7) is 3.25. The third-order valence-electron chi connectivity index (χ3n) is 5.47. The number of nitrogens with one attached hydrogen (secondary N) is 1. The molecule has 0 unspecified atom stereocenters. The molecular formula is C23H29Cl2N3O3S. The van der Waals surface area contributed by atoms with Gasteiger partial charge in [0.1, 0.15) is 6.54 Å². The van der Waals surface area contributed by atoms with Gasteiger partial charge in [-0.05, 0) is 69.2 Å². The van der Waals surface area contributed by atoms with E-state index in [-0.39, 0.29) is 28.1 Å². The van der Waals surface area contributed by atoms with E-state index in [1.807, 2.05) is 0 Å². The van der Waals surface area contributed by atoms with Crippen molar-refractivity contribution in [3.63, 3.8) is 0 Å². The summed E-state index contributed by atoms with van der Waals surface area (Å²) in [6.07, 6.45) is 5.83. The van der Waals surface area contributed by atoms with Crippen molar-refractivity contribution in [1.29, 1.82) is 0 Å². The zero-order chi connectivity index (χ0) is 23.0. The standard InChI is InChI=1S/C23H29Cl2N3O3S/c24-19-11-12-22(21(25)17-19)28(32(30,31)20-9-4-3-5-10-20)18-23(29)26-13-8-16-27-14-6-1-2-7-15-27/h3-5,9-12,17H,1-2,6-8,13-16,18H2,(H,26,29). The second-order valence-electron chi connectivity index (χ2n) is 7.88. The largest absolute Gasteiger partial charge is 0.354 e. The lowest BCUT2D eigenvalue weighted by Gasteiger charge is -2.25. The minimum Gasteiger partial charge on any atom is -0.354 e. The van der Waals surface area contributed by atoms with E-state index in [1.54, 1.807) is 24.3 Å². The van der Waals surface area contributed by atoms with Gasteiger partial charge in [0.2, 0.25) is 5.91 Å². The van der Waals surface area contributed by atoms with E-state index in [1.165, 1.54) is 49.9 Å². The van der Waals surface area contributed by atoms with Crippen LogP contribution in [-0.2, 0) is 14.8 Å². The molecule has 1 aliphatic heterocycles. The number of hydrogen-bond acceptors (Lipinski definition) is 4. The van der Waals surface area contributed by atoms with Gasteiger partial charge in [0.15, 0.2) is 0 Å². The zero-order valence-electron chi connectivity index (χ0n) is 18.0. The Balaban J connectivity index is 1.68. The Morgan fingerprint density at radius 1 is 1.00 bits per heavy atom. The van der Waals surface area contributed by atoms with Crippen LogP contribution in [0.25, 0.3) is 0 Å². The molecule has 1 saturated heterocycles. The monoisotopic (exact) mass is 497 g/mol. The summed E-state index contributed by atoms with van der Waals surface area (Å²) in [7, 11) is -4.00. The number of benzene rings is 2. The van der Waals surface area contributed by atoms with Crippen molar-refractivity contribution in [2.45, 2.75) is 37.0 Å². The first-order chi connectivity index (χ1) is 15.4. The van der Waals surface area contributed by atoms with Crippen LogP contribution in [0.15, 0.2) is 53.4 Å². The van der Waals surface area contributed by atoms with Crippen molar-refractivity contribution in [2.75, 3.05) is 37.0 Å². The third-order valence-corrected chi connectivity index (χ3v) is 7.78. The van der Waals surface area contributed by atoms with Crippen molar-refractivity contribution < 1.29 is 13.2 Å². The first-order valence-electron chi connectivity index (χ1n) is 10.9. The number of sulfonamides is 1. The van der Waals surface area contributed by atoms with Crippen LogP contribution in [0.5, 0.6) is 0 Å². The highest BCUT2D eigenvalue weighted by Crippen LogP contribution is 2.32. The van der Waals surface area contributed by atoms with Gasteiger partial charge in [-0.15, -0.1) is 0 Å². The third kappa shape index (κ3) is 6.85. The fraction of sp³-hybridized carbons (Fsp3) is 0.435. The molecule has 1 N–H and O–H groups in total. The van der Waals surface area contributed by atoms with Crippen molar-refractivity contribution in [1.82, 2.24) is 10.2 Å². The van der Waals surface area contributed by atoms with E-state index in [2.05, 4.69) is 10.2 Å². The van der Waals surface area contributed by atoms with Crippen LogP contribution in [0.4, 0.5) is 5.69 Å². The molecule has 0 spiro atoms. The predicted molar refractivity (Wildman–Crippen MR) is 130 cm³/mol. The van der Waals surface area contributed by atoms with Crippen LogP contribution in [0, 0.1) is 0 Å². The first-order valence-corrected chi connectivity index (χ1v) is 13.1. The van der Waals surface area contributed by atoms with Crippen molar-refractivity contribution in [3.8, 4) is 0 Å². The SMILES string of the molecule is O=C(CN(c1ccc(Cl)cc1Cl)S(=O)(=O)c1ccccc1)NCCCN1CCCCCC1. The quantitative estimate of drug-likeness (QED) is 0.515. The molecule has 0 radical (unpaired) electrons. The molecule has 1 fully saturated rings. The number of nitrogens with zero attached hydrogens (tertiary/aromatic N) is 2. The van der Waals surface area contributed by atoms with Crippen molar-refractivity contribution in [3.05, 3.63) is 58.6 Å². The highest BCUT2D eigenvalue weighted by atomic mass is 35.5. The number of hydrogen-bond donors (Lipinski definition) is 1. The zero-order valence-corrected chi connectivity index (χ0v) is 20.3. The normalized spacial score (nSPS) is 15.2. The molecule has 0 aromatic heterocycles. The highest BCUT2D eigenvalue weighted by Gasteiger charge is 2.28. The summed E-state index contributed by atoms with van der Waals surface area (Å²) in [5, 5.41) is 3.39. The number of carbonyl (C=O) groups is 1. The number of likely N-dealkylation sites (tertiary alicyclic amines) is 1. The Morgan fingerprint density at radius 3 is 2.34 bits per heavy atom. The molecule has 0 saturated carbocycles. The maximum Gasteiger partial charge on any atom is 0.264 e. The van der Waals surface area contributed by atoms with E-state index in [0.717, 1.165) is 30.4 Å². The van der Waals surface area contributed by atoms with E-state index < -0.39 is 10.0 Å². The van der Waals surface area contributed by atoms with Gasteiger partial charge in [-0.1, -0.05) is 54.2 Å². The van der Waals surface area contributed by atoms with Crippen LogP contribution in [-0.4, -0.2) is 51.9 Å². The molecule has 1 amide bonds. The minimum atomic E-state index is -4.00. The minimum absolute atomic E-state index is 0.0833. The number of rotatable bonds is 9. The van der Waals surface area contributed by atoms with Gasteiger partial charge in [0, 0.05) is 11.6 Å². The molecule has 9 heteroatoms. The Kier molecular flexibility index (Phi) is 9.22. The smallest absolute Gasteiger partial charge is 0.264 e. The molecular weight excluding hydrogens is 469 g/mol. The Bertz CT molecular complexity index is 995. The Labute approximate surface area is 200 Å². The maximum absolute atomic E-state index is 13.3. The molecule has 6 nitrogen and oxygen atoms in total. The van der Waals surface area contributed by atoms with Crippen molar-refractivity contribution >= 4 is 44.8 Å². The van der Waals surface area contributed by atoms with E-state index >= 15 is 0 Å². The summed E-state index contributed by atoms with van der Waals surface area (Å²) in [6, 6.07) is 12.5. The van der Waals surface area contributed by atoms with Crippen molar-refractivity contribution in [2.24, 2.45) is 0 Å². The lowest BCUT2D eigenvalue weighted by Crippen LogP contribution is -2.41. The lowest BCUT2D eigenvalue weighted by atomic mass is 10.2. The summed E-state index contributed by atoms with van der Waals surface area (Å²) in [5.41, 5.74) is 0.208. The molecule has 2 aromatic rings. The van der Waals surface area contributed by atoms with Gasteiger partial charge in [0.25, 0.3) is 10.0 Å². The maximum atomic E-state index is 13.3.